The molecule has 0 saturated heterocycles. The van der Waals surface area contributed by atoms with Crippen molar-refractivity contribution >= 4 is 120 Å². The molecule has 0 aromatic heterocycles. The molecule has 0 fully saturated rings. The Morgan fingerprint density at radius 3 is 0.951 bits per heavy atom. The van der Waals surface area contributed by atoms with Crippen LogP contribution in [0.25, 0.3) is 0 Å². The van der Waals surface area contributed by atoms with Crippen LogP contribution < -0.4 is 0 Å². The Hall–Kier alpha value is 2.48. The van der Waals surface area contributed by atoms with Gasteiger partial charge in [0.2, 0.25) is 0 Å². The second-order valence-electron chi connectivity index (χ2n) is 8.07. The molecule has 216 valence electrons. The van der Waals surface area contributed by atoms with Gasteiger partial charge in [-0.2, -0.15) is 15.8 Å². The van der Waals surface area contributed by atoms with E-state index in [0.717, 1.165) is 19.3 Å². The van der Waals surface area contributed by atoms with Crippen LogP contribution >= 0.6 is 56.5 Å². The molecule has 3 aliphatic carbocycles. The maximum atomic E-state index is 8.58. The standard InChI is InChI=1S/3C9H7N.6ClH.2K.H2O.2Pt/c3*10-6-8-5-7-3-1-2-4-9(7)8;;;;;;;;;;;/h3*1-4,8H,5H2;6*1H;;;1H2;;/q;;;;;;;;;;;;+2;+4/p-6. The molecule has 4 nitrogen and oxygen atoms in total. The van der Waals surface area contributed by atoms with Crippen LogP contribution in [-0.2, 0) is 47.6 Å². The zero-order chi connectivity index (χ0) is 30.1. The number of hydrogen-bond acceptors (Lipinski definition) is 3. The van der Waals surface area contributed by atoms with Gasteiger partial charge in [-0.25, -0.2) is 0 Å². The van der Waals surface area contributed by atoms with E-state index in [2.05, 4.69) is 36.4 Å². The number of fused-ring (bicyclic) bond motifs is 3. The minimum absolute atomic E-state index is 0. The van der Waals surface area contributed by atoms with Gasteiger partial charge in [0.15, 0.2) is 0 Å². The summed E-state index contributed by atoms with van der Waals surface area (Å²) in [7, 11) is 29.8. The number of hydrogen-bond donors (Lipinski definition) is 0. The molecule has 3 aromatic carbocycles. The second kappa shape index (κ2) is 24.6. The molecule has 6 rings (SSSR count). The molecule has 0 radical (unpaired) electrons. The average Bonchev–Trinajstić information content (AvgIpc) is 2.89. The van der Waals surface area contributed by atoms with E-state index in [9.17, 15) is 0 Å². The SMILES string of the molecule is N#CC1Cc2ccccc21.N#CC1Cc2ccccc21.N#CC1Cc2ccccc21.O.[Cl][Pt]([Cl])([Cl])[Cl].[Cl][Pt][Cl].[K][K]. The van der Waals surface area contributed by atoms with Crippen LogP contribution in [0.5, 0.6) is 0 Å². The normalized spacial score (nSPS) is 17.6. The van der Waals surface area contributed by atoms with Crippen molar-refractivity contribution in [1.29, 1.82) is 15.8 Å². The summed E-state index contributed by atoms with van der Waals surface area (Å²) in [5.74, 6) is 0.531. The van der Waals surface area contributed by atoms with Crippen molar-refractivity contribution in [3.63, 3.8) is 0 Å². The van der Waals surface area contributed by atoms with Crippen LogP contribution in [0.2, 0.25) is 0 Å². The Balaban J connectivity index is 0.000000502. The molecule has 0 heterocycles. The van der Waals surface area contributed by atoms with Crippen molar-refractivity contribution < 1.29 is 33.9 Å². The maximum absolute atomic E-state index is 8.58. The zero-order valence-electron chi connectivity index (χ0n) is 22.0. The molecular formula is C27H23Cl6K2N3OPt2. The number of nitrogens with zero attached hydrogens (tertiary/aromatic N) is 3. The van der Waals surface area contributed by atoms with E-state index in [1.54, 1.807) is 0 Å². The molecule has 3 atom stereocenters. The third-order valence-corrected chi connectivity index (χ3v) is 6.03. The monoisotopic (exact) mass is 1080 g/mol. The Bertz CT molecular complexity index is 1190. The Morgan fingerprint density at radius 2 is 0.780 bits per heavy atom. The number of benzene rings is 3. The van der Waals surface area contributed by atoms with Crippen LogP contribution in [-0.4, -0.2) is 68.6 Å². The molecule has 3 unspecified atom stereocenters. The first-order valence-electron chi connectivity index (χ1n) is 11.9. The van der Waals surface area contributed by atoms with Crippen LogP contribution in [0, 0.1) is 34.0 Å². The predicted octanol–water partition coefficient (Wildman–Crippen LogP) is 8.10. The van der Waals surface area contributed by atoms with E-state index in [1.165, 1.54) is 96.5 Å². The van der Waals surface area contributed by atoms with E-state index < -0.39 is 28.4 Å². The summed E-state index contributed by atoms with van der Waals surface area (Å²) < 4.78 is 0. The third kappa shape index (κ3) is 16.2. The van der Waals surface area contributed by atoms with Crippen LogP contribution in [0.4, 0.5) is 0 Å². The molecule has 2 N–H and O–H groups in total. The van der Waals surface area contributed by atoms with Crippen LogP contribution in [0.15, 0.2) is 72.8 Å². The molecule has 41 heavy (non-hydrogen) atoms. The van der Waals surface area contributed by atoms with Gasteiger partial charge in [0.1, 0.15) is 0 Å². The van der Waals surface area contributed by atoms with Crippen molar-refractivity contribution in [2.24, 2.45) is 0 Å². The average molecular weight is 1090 g/mol. The summed E-state index contributed by atoms with van der Waals surface area (Å²) in [4.78, 5) is 0. The molecule has 0 saturated carbocycles. The van der Waals surface area contributed by atoms with Gasteiger partial charge in [0.25, 0.3) is 0 Å². The zero-order valence-corrected chi connectivity index (χ0v) is 37.3. The van der Waals surface area contributed by atoms with E-state index in [-0.39, 0.29) is 23.2 Å². The van der Waals surface area contributed by atoms with Gasteiger partial charge in [-0.15, -0.1) is 0 Å². The van der Waals surface area contributed by atoms with Gasteiger partial charge >= 0.3 is 148 Å². The molecular weight excluding hydrogens is 1060 g/mol. The van der Waals surface area contributed by atoms with Crippen LogP contribution in [0.3, 0.4) is 0 Å². The summed E-state index contributed by atoms with van der Waals surface area (Å²) in [6.45, 7) is 0. The fourth-order valence-corrected chi connectivity index (χ4v) is 4.12. The first-order valence-corrected chi connectivity index (χ1v) is 44.8. The number of nitriles is 3. The van der Waals surface area contributed by atoms with Crippen molar-refractivity contribution in [3.05, 3.63) is 106 Å². The summed E-state index contributed by atoms with van der Waals surface area (Å²) >= 11 is -1.03. The van der Waals surface area contributed by atoms with Crippen molar-refractivity contribution in [1.82, 2.24) is 0 Å². The van der Waals surface area contributed by atoms with Crippen LogP contribution in [0.1, 0.15) is 51.1 Å². The first kappa shape index (κ1) is 43.5. The van der Waals surface area contributed by atoms with Gasteiger partial charge in [-0.1, -0.05) is 72.8 Å². The summed E-state index contributed by atoms with van der Waals surface area (Å²) in [6.07, 6.45) is 2.85. The Labute approximate surface area is 323 Å². The number of rotatable bonds is 0. The third-order valence-electron chi connectivity index (χ3n) is 6.03. The minimum atomic E-state index is -3.06. The molecule has 14 heteroatoms. The van der Waals surface area contributed by atoms with Crippen molar-refractivity contribution in [3.8, 4) is 18.2 Å². The topological polar surface area (TPSA) is 103 Å². The van der Waals surface area contributed by atoms with Crippen molar-refractivity contribution in [2.75, 3.05) is 0 Å². The second-order valence-corrected chi connectivity index (χ2v) is 31.0. The molecule has 0 aliphatic heterocycles. The number of halogens is 6. The fraction of sp³-hybridized carbons (Fsp3) is 0.222. The van der Waals surface area contributed by atoms with E-state index in [0.29, 0.717) is 0 Å². The fourth-order valence-electron chi connectivity index (χ4n) is 4.12. The Morgan fingerprint density at radius 1 is 0.585 bits per heavy atom. The van der Waals surface area contributed by atoms with Gasteiger partial charge in [-0.3, -0.25) is 0 Å². The first-order chi connectivity index (χ1) is 19.2. The summed E-state index contributed by atoms with van der Waals surface area (Å²) in [6, 6.07) is 31.2. The van der Waals surface area contributed by atoms with Gasteiger partial charge in [-0.05, 0) is 52.6 Å². The molecule has 3 aliphatic rings. The Kier molecular flexibility index (Phi) is 26.1. The summed E-state index contributed by atoms with van der Waals surface area (Å²) in [5, 5.41) is 25.7. The van der Waals surface area contributed by atoms with Gasteiger partial charge < -0.3 is 5.48 Å². The molecule has 0 spiro atoms. The van der Waals surface area contributed by atoms with Gasteiger partial charge in [0.05, 0.1) is 36.0 Å². The van der Waals surface area contributed by atoms with E-state index >= 15 is 0 Å². The predicted molar refractivity (Wildman–Crippen MR) is 166 cm³/mol. The van der Waals surface area contributed by atoms with E-state index in [1.807, 2.05) is 54.6 Å². The quantitative estimate of drug-likeness (QED) is 0.213. The molecule has 0 bridgehead atoms. The van der Waals surface area contributed by atoms with Gasteiger partial charge in [0, 0.05) is 0 Å². The summed E-state index contributed by atoms with van der Waals surface area (Å²) in [5.41, 5.74) is 7.71. The van der Waals surface area contributed by atoms with Crippen molar-refractivity contribution in [2.45, 2.75) is 37.0 Å². The van der Waals surface area contributed by atoms with E-state index in [4.69, 9.17) is 72.3 Å². The molecule has 3 aromatic rings. The molecule has 0 amide bonds.